The zero-order valence-electron chi connectivity index (χ0n) is 11.8. The van der Waals surface area contributed by atoms with Crippen LogP contribution in [0.4, 0.5) is 0 Å². The second-order valence-electron chi connectivity index (χ2n) is 5.75. The van der Waals surface area contributed by atoms with Gasteiger partial charge in [0.15, 0.2) is 0 Å². The van der Waals surface area contributed by atoms with Gasteiger partial charge in [0, 0.05) is 0 Å². The predicted octanol–water partition coefficient (Wildman–Crippen LogP) is 3.53. The Morgan fingerprint density at radius 2 is 1.75 bits per heavy atom. The molecule has 1 aliphatic rings. The van der Waals surface area contributed by atoms with E-state index in [9.17, 15) is 5.11 Å². The number of hydrogen-bond donors (Lipinski definition) is 1. The molecule has 1 unspecified atom stereocenters. The van der Waals surface area contributed by atoms with Gasteiger partial charge in [-0.05, 0) is 0 Å². The summed E-state index contributed by atoms with van der Waals surface area (Å²) >= 11 is 0.373. The maximum atomic E-state index is 10.4. The molecule has 0 amide bonds. The molecule has 0 saturated heterocycles. The van der Waals surface area contributed by atoms with Crippen molar-refractivity contribution in [2.24, 2.45) is 5.92 Å². The summed E-state index contributed by atoms with van der Waals surface area (Å²) in [6.45, 7) is 0. The first-order valence-corrected chi connectivity index (χ1v) is 9.70. The average molecular weight is 333 g/mol. The third-order valence-electron chi connectivity index (χ3n) is 4.35. The summed E-state index contributed by atoms with van der Waals surface area (Å²) in [5, 5.41) is 14.1. The van der Waals surface area contributed by atoms with Gasteiger partial charge >= 0.3 is 127 Å². The van der Waals surface area contributed by atoms with Crippen molar-refractivity contribution in [2.75, 3.05) is 0 Å². The van der Waals surface area contributed by atoms with Gasteiger partial charge < -0.3 is 0 Å². The molecule has 2 aromatic carbocycles. The van der Waals surface area contributed by atoms with Crippen LogP contribution in [-0.4, -0.2) is 26.2 Å². The van der Waals surface area contributed by atoms with E-state index in [0.29, 0.717) is 20.9 Å². The van der Waals surface area contributed by atoms with E-state index in [1.54, 1.807) is 0 Å². The van der Waals surface area contributed by atoms with E-state index in [-0.39, 0.29) is 6.10 Å². The SMILES string of the molecule is OC(C[Se]c1cccc2ccccc12)C1CCCCC1. The van der Waals surface area contributed by atoms with Crippen LogP contribution < -0.4 is 4.46 Å². The molecular formula is C18H22OSe. The summed E-state index contributed by atoms with van der Waals surface area (Å²) in [6, 6.07) is 15.1. The number of fused-ring (bicyclic) bond motifs is 1. The van der Waals surface area contributed by atoms with Crippen LogP contribution in [0.25, 0.3) is 10.8 Å². The number of benzene rings is 2. The van der Waals surface area contributed by atoms with Crippen molar-refractivity contribution in [3.05, 3.63) is 42.5 Å². The van der Waals surface area contributed by atoms with Gasteiger partial charge in [-0.2, -0.15) is 0 Å². The molecule has 106 valence electrons. The van der Waals surface area contributed by atoms with E-state index in [4.69, 9.17) is 0 Å². The van der Waals surface area contributed by atoms with Gasteiger partial charge in [0.25, 0.3) is 0 Å². The van der Waals surface area contributed by atoms with Gasteiger partial charge in [0.1, 0.15) is 0 Å². The molecule has 1 atom stereocenters. The summed E-state index contributed by atoms with van der Waals surface area (Å²) < 4.78 is 1.44. The molecule has 0 aliphatic heterocycles. The summed E-state index contributed by atoms with van der Waals surface area (Å²) in [5.41, 5.74) is 0. The number of aliphatic hydroxyl groups is 1. The van der Waals surface area contributed by atoms with Gasteiger partial charge in [-0.1, -0.05) is 0 Å². The van der Waals surface area contributed by atoms with Crippen LogP contribution in [0.2, 0.25) is 5.32 Å². The third kappa shape index (κ3) is 3.25. The van der Waals surface area contributed by atoms with E-state index in [1.807, 2.05) is 0 Å². The summed E-state index contributed by atoms with van der Waals surface area (Å²) in [4.78, 5) is 0. The van der Waals surface area contributed by atoms with Crippen LogP contribution in [0.1, 0.15) is 32.1 Å². The van der Waals surface area contributed by atoms with Gasteiger partial charge in [-0.3, -0.25) is 0 Å². The van der Waals surface area contributed by atoms with Gasteiger partial charge in [-0.25, -0.2) is 0 Å². The third-order valence-corrected chi connectivity index (χ3v) is 6.82. The molecule has 20 heavy (non-hydrogen) atoms. The van der Waals surface area contributed by atoms with Crippen molar-refractivity contribution in [1.82, 2.24) is 0 Å². The van der Waals surface area contributed by atoms with Crippen LogP contribution in [0.5, 0.6) is 0 Å². The number of rotatable bonds is 4. The van der Waals surface area contributed by atoms with Crippen molar-refractivity contribution in [3.8, 4) is 0 Å². The fourth-order valence-electron chi connectivity index (χ4n) is 3.15. The second kappa shape index (κ2) is 6.76. The first kappa shape index (κ1) is 14.1. The normalized spacial score (nSPS) is 18.2. The van der Waals surface area contributed by atoms with E-state index >= 15 is 0 Å². The molecule has 2 aromatic rings. The Labute approximate surface area is 127 Å². The van der Waals surface area contributed by atoms with Crippen molar-refractivity contribution >= 4 is 30.2 Å². The standard InChI is InChI=1S/C18H22OSe/c19-17(15-8-2-1-3-9-15)13-20-18-12-6-10-14-7-4-5-11-16(14)18/h4-7,10-12,15,17,19H,1-3,8-9,13H2. The quantitative estimate of drug-likeness (QED) is 0.849. The van der Waals surface area contributed by atoms with Crippen LogP contribution in [0, 0.1) is 5.92 Å². The Hall–Kier alpha value is -0.821. The molecular weight excluding hydrogens is 311 g/mol. The second-order valence-corrected chi connectivity index (χ2v) is 7.98. The molecule has 1 fully saturated rings. The van der Waals surface area contributed by atoms with E-state index in [1.165, 1.54) is 47.3 Å². The van der Waals surface area contributed by atoms with Crippen molar-refractivity contribution in [1.29, 1.82) is 0 Å². The van der Waals surface area contributed by atoms with Crippen LogP contribution in [0.3, 0.4) is 0 Å². The molecule has 1 nitrogen and oxygen atoms in total. The van der Waals surface area contributed by atoms with Crippen LogP contribution in [0.15, 0.2) is 42.5 Å². The first-order chi connectivity index (χ1) is 9.84. The molecule has 1 N–H and O–H groups in total. The van der Waals surface area contributed by atoms with Crippen LogP contribution >= 0.6 is 0 Å². The van der Waals surface area contributed by atoms with Crippen molar-refractivity contribution < 1.29 is 5.11 Å². The minimum absolute atomic E-state index is 0.0886. The molecule has 1 saturated carbocycles. The van der Waals surface area contributed by atoms with Gasteiger partial charge in [-0.15, -0.1) is 0 Å². The number of aliphatic hydroxyl groups excluding tert-OH is 1. The molecule has 2 heteroatoms. The molecule has 0 spiro atoms. The van der Waals surface area contributed by atoms with E-state index < -0.39 is 0 Å². The maximum absolute atomic E-state index is 10.4. The molecule has 0 aromatic heterocycles. The van der Waals surface area contributed by atoms with Crippen LogP contribution in [-0.2, 0) is 0 Å². The van der Waals surface area contributed by atoms with Crippen molar-refractivity contribution in [2.45, 2.75) is 43.5 Å². The Bertz CT molecular complexity index is 555. The topological polar surface area (TPSA) is 20.2 Å². The molecule has 0 bridgehead atoms. The molecule has 1 aliphatic carbocycles. The summed E-state index contributed by atoms with van der Waals surface area (Å²) in [7, 11) is 0. The number of hydrogen-bond acceptors (Lipinski definition) is 1. The first-order valence-electron chi connectivity index (χ1n) is 7.63. The Kier molecular flexibility index (Phi) is 4.77. The van der Waals surface area contributed by atoms with Gasteiger partial charge in [0.05, 0.1) is 0 Å². The Morgan fingerprint density at radius 3 is 2.60 bits per heavy atom. The Morgan fingerprint density at radius 1 is 1.00 bits per heavy atom. The molecule has 3 rings (SSSR count). The van der Waals surface area contributed by atoms with E-state index in [0.717, 1.165) is 5.32 Å². The summed E-state index contributed by atoms with van der Waals surface area (Å²) in [6.07, 6.45) is 6.35. The summed E-state index contributed by atoms with van der Waals surface area (Å²) in [5.74, 6) is 0.556. The van der Waals surface area contributed by atoms with E-state index in [2.05, 4.69) is 42.5 Å². The predicted molar refractivity (Wildman–Crippen MR) is 86.7 cm³/mol. The minimum atomic E-state index is -0.0886. The zero-order chi connectivity index (χ0) is 13.8. The molecule has 0 radical (unpaired) electrons. The fourth-order valence-corrected chi connectivity index (χ4v) is 5.54. The Balaban J connectivity index is 1.67. The molecule has 0 heterocycles. The monoisotopic (exact) mass is 334 g/mol. The van der Waals surface area contributed by atoms with Crippen molar-refractivity contribution in [3.63, 3.8) is 0 Å². The fraction of sp³-hybridized carbons (Fsp3) is 0.444. The average Bonchev–Trinajstić information content (AvgIpc) is 2.53. The van der Waals surface area contributed by atoms with Gasteiger partial charge in [0.2, 0.25) is 0 Å². The zero-order valence-corrected chi connectivity index (χ0v) is 13.5.